The van der Waals surface area contributed by atoms with Gasteiger partial charge >= 0.3 is 21.5 Å². The number of nitrogens with zero attached hydrogens (tertiary/aromatic N) is 2. The number of ether oxygens (including phenoxy) is 1. The van der Waals surface area contributed by atoms with Crippen LogP contribution in [0.5, 0.6) is 0 Å². The zero-order valence-electron chi connectivity index (χ0n) is 16.6. The number of carbonyl (C=O) groups excluding carboxylic acids is 1. The molecule has 1 fully saturated rings. The fraction of sp³-hybridized carbons (Fsp3) is 0.875. The van der Waals surface area contributed by atoms with Crippen molar-refractivity contribution < 1.29 is 31.1 Å². The molecule has 2 N–H and O–H groups in total. The van der Waals surface area contributed by atoms with E-state index in [0.717, 1.165) is 25.7 Å². The molecule has 29 heavy (non-hydrogen) atoms. The third-order valence-corrected chi connectivity index (χ3v) is 6.11. The molecule has 1 heterocycles. The number of alkyl halides is 3. The minimum absolute atomic E-state index is 0. The van der Waals surface area contributed by atoms with Crippen LogP contribution in [0.2, 0.25) is 0 Å². The SMILES string of the molecule is CN=C(NCCCCCCC(=O)OC)NC1CCN(S(=O)(=O)C(F)(F)F)CC1.I. The van der Waals surface area contributed by atoms with Gasteiger partial charge in [0.05, 0.1) is 7.11 Å². The first kappa shape index (κ1) is 28.2. The molecule has 8 nitrogen and oxygen atoms in total. The van der Waals surface area contributed by atoms with Gasteiger partial charge < -0.3 is 15.4 Å². The minimum Gasteiger partial charge on any atom is -0.469 e. The van der Waals surface area contributed by atoms with Gasteiger partial charge in [-0.1, -0.05) is 12.8 Å². The highest BCUT2D eigenvalue weighted by molar-refractivity contribution is 14.0. The normalized spacial score (nSPS) is 16.8. The molecule has 172 valence electrons. The van der Waals surface area contributed by atoms with E-state index in [1.807, 2.05) is 0 Å². The molecule has 0 amide bonds. The highest BCUT2D eigenvalue weighted by atomic mass is 127. The molecule has 0 radical (unpaired) electrons. The maximum Gasteiger partial charge on any atom is 0.511 e. The Hall–Kier alpha value is -0.830. The van der Waals surface area contributed by atoms with Crippen LogP contribution in [0.1, 0.15) is 44.9 Å². The number of nitrogens with one attached hydrogen (secondary N) is 2. The van der Waals surface area contributed by atoms with Gasteiger partial charge in [0.1, 0.15) is 0 Å². The largest absolute Gasteiger partial charge is 0.511 e. The molecule has 0 unspecified atom stereocenters. The summed E-state index contributed by atoms with van der Waals surface area (Å²) in [7, 11) is -2.30. The van der Waals surface area contributed by atoms with Gasteiger partial charge in [-0.3, -0.25) is 9.79 Å². The van der Waals surface area contributed by atoms with E-state index in [4.69, 9.17) is 0 Å². The number of methoxy groups -OCH3 is 1. The van der Waals surface area contributed by atoms with Gasteiger partial charge in [-0.05, 0) is 25.7 Å². The second-order valence-corrected chi connectivity index (χ2v) is 8.44. The molecule has 0 bridgehead atoms. The molecule has 13 heteroatoms. The zero-order chi connectivity index (χ0) is 21.2. The summed E-state index contributed by atoms with van der Waals surface area (Å²) in [5, 5.41) is 6.24. The monoisotopic (exact) mass is 558 g/mol. The fourth-order valence-corrected chi connectivity index (χ4v) is 3.82. The third-order valence-electron chi connectivity index (χ3n) is 4.48. The van der Waals surface area contributed by atoms with Gasteiger partial charge in [0.2, 0.25) is 0 Å². The Labute approximate surface area is 187 Å². The number of carbonyl (C=O) groups is 1. The van der Waals surface area contributed by atoms with E-state index >= 15 is 0 Å². The summed E-state index contributed by atoms with van der Waals surface area (Å²) < 4.78 is 65.7. The van der Waals surface area contributed by atoms with Gasteiger partial charge in [0, 0.05) is 39.1 Å². The molecule has 0 aliphatic carbocycles. The van der Waals surface area contributed by atoms with Crippen LogP contribution >= 0.6 is 24.0 Å². The smallest absolute Gasteiger partial charge is 0.469 e. The Morgan fingerprint density at radius 2 is 1.76 bits per heavy atom. The van der Waals surface area contributed by atoms with Crippen molar-refractivity contribution in [1.29, 1.82) is 0 Å². The Bertz CT molecular complexity index is 624. The average Bonchev–Trinajstić information content (AvgIpc) is 2.65. The lowest BCUT2D eigenvalue weighted by Crippen LogP contribution is -2.51. The lowest BCUT2D eigenvalue weighted by Gasteiger charge is -2.32. The predicted octanol–water partition coefficient (Wildman–Crippen LogP) is 2.21. The Kier molecular flexibility index (Phi) is 13.1. The molecule has 0 atom stereocenters. The minimum atomic E-state index is -5.26. The fourth-order valence-electron chi connectivity index (χ4n) is 2.83. The van der Waals surface area contributed by atoms with E-state index in [0.29, 0.717) is 23.2 Å². The summed E-state index contributed by atoms with van der Waals surface area (Å²) in [6, 6.07) is -0.147. The Morgan fingerprint density at radius 1 is 1.17 bits per heavy atom. The molecular formula is C16H30F3IN4O4S. The molecule has 0 saturated carbocycles. The van der Waals surface area contributed by atoms with Gasteiger partial charge in [0.25, 0.3) is 0 Å². The van der Waals surface area contributed by atoms with Gasteiger partial charge in [-0.2, -0.15) is 17.5 Å². The lowest BCUT2D eigenvalue weighted by molar-refractivity contribution is -0.140. The van der Waals surface area contributed by atoms with Crippen molar-refractivity contribution >= 4 is 45.9 Å². The number of unbranched alkanes of at least 4 members (excludes halogenated alkanes) is 3. The number of aliphatic imine (C=N–C) groups is 1. The molecule has 0 aromatic heterocycles. The highest BCUT2D eigenvalue weighted by Gasteiger charge is 2.50. The first-order valence-corrected chi connectivity index (χ1v) is 10.7. The summed E-state index contributed by atoms with van der Waals surface area (Å²) in [5.74, 6) is 0.323. The maximum atomic E-state index is 12.6. The van der Waals surface area contributed by atoms with E-state index in [2.05, 4.69) is 20.4 Å². The summed E-state index contributed by atoms with van der Waals surface area (Å²) in [6.07, 6.45) is 4.45. The van der Waals surface area contributed by atoms with Gasteiger partial charge in [-0.25, -0.2) is 8.42 Å². The molecule has 0 aromatic rings. The Morgan fingerprint density at radius 3 is 2.28 bits per heavy atom. The van der Waals surface area contributed by atoms with E-state index in [9.17, 15) is 26.4 Å². The summed E-state index contributed by atoms with van der Waals surface area (Å²) in [6.45, 7) is 0.298. The van der Waals surface area contributed by atoms with Crippen LogP contribution in [0.3, 0.4) is 0 Å². The number of halogens is 4. The third kappa shape index (κ3) is 9.68. The second-order valence-electron chi connectivity index (χ2n) is 6.51. The van der Waals surface area contributed by atoms with Crippen molar-refractivity contribution in [3.63, 3.8) is 0 Å². The average molecular weight is 558 g/mol. The molecule has 1 aliphatic rings. The lowest BCUT2D eigenvalue weighted by atomic mass is 10.1. The highest BCUT2D eigenvalue weighted by Crippen LogP contribution is 2.28. The number of esters is 1. The van der Waals surface area contributed by atoms with E-state index in [1.165, 1.54) is 7.11 Å². The van der Waals surface area contributed by atoms with Crippen LogP contribution in [0.4, 0.5) is 13.2 Å². The first-order valence-electron chi connectivity index (χ1n) is 9.22. The maximum absolute atomic E-state index is 12.6. The summed E-state index contributed by atoms with van der Waals surface area (Å²) >= 11 is 0. The van der Waals surface area contributed by atoms with E-state index < -0.39 is 15.5 Å². The first-order chi connectivity index (χ1) is 13.1. The van der Waals surface area contributed by atoms with Crippen LogP contribution in [0, 0.1) is 0 Å². The van der Waals surface area contributed by atoms with E-state index in [-0.39, 0.29) is 61.9 Å². The summed E-state index contributed by atoms with van der Waals surface area (Å²) in [5.41, 5.74) is -5.26. The van der Waals surface area contributed by atoms with Crippen molar-refractivity contribution in [3.05, 3.63) is 0 Å². The molecule has 1 aliphatic heterocycles. The van der Waals surface area contributed by atoms with Crippen molar-refractivity contribution in [3.8, 4) is 0 Å². The Balaban J connectivity index is 0.00000784. The number of hydrogen-bond donors (Lipinski definition) is 2. The zero-order valence-corrected chi connectivity index (χ0v) is 19.8. The number of sulfonamides is 1. The van der Waals surface area contributed by atoms with Gasteiger partial charge in [-0.15, -0.1) is 24.0 Å². The number of rotatable bonds is 9. The quantitative estimate of drug-likeness (QED) is 0.148. The van der Waals surface area contributed by atoms with Crippen LogP contribution < -0.4 is 10.6 Å². The molecule has 1 rings (SSSR count). The van der Waals surface area contributed by atoms with Crippen molar-refractivity contribution in [2.45, 2.75) is 56.5 Å². The van der Waals surface area contributed by atoms with Crippen LogP contribution in [0.25, 0.3) is 0 Å². The van der Waals surface area contributed by atoms with Crippen LogP contribution in [-0.2, 0) is 19.6 Å². The van der Waals surface area contributed by atoms with Crippen LogP contribution in [0.15, 0.2) is 4.99 Å². The second kappa shape index (κ2) is 13.5. The van der Waals surface area contributed by atoms with Crippen molar-refractivity contribution in [2.24, 2.45) is 4.99 Å². The number of guanidine groups is 1. The topological polar surface area (TPSA) is 100 Å². The molecule has 1 saturated heterocycles. The summed E-state index contributed by atoms with van der Waals surface area (Å²) in [4.78, 5) is 15.1. The van der Waals surface area contributed by atoms with Gasteiger partial charge in [0.15, 0.2) is 5.96 Å². The number of piperidine rings is 1. The van der Waals surface area contributed by atoms with Crippen molar-refractivity contribution in [1.82, 2.24) is 14.9 Å². The molecule has 0 spiro atoms. The van der Waals surface area contributed by atoms with Crippen molar-refractivity contribution in [2.75, 3.05) is 33.8 Å². The van der Waals surface area contributed by atoms with Crippen LogP contribution in [-0.4, -0.2) is 70.0 Å². The van der Waals surface area contributed by atoms with E-state index in [1.54, 1.807) is 7.05 Å². The standard InChI is InChI=1S/C16H29F3N4O4S.HI/c1-20-15(21-10-6-4-3-5-7-14(24)27-2)22-13-8-11-23(12-9-13)28(25,26)16(17,18)19;/h13H,3-12H2,1-2H3,(H2,20,21,22);1H. The number of hydrogen-bond acceptors (Lipinski definition) is 5. The predicted molar refractivity (Wildman–Crippen MR) is 115 cm³/mol. The molecule has 0 aromatic carbocycles. The molecular weight excluding hydrogens is 528 g/mol.